The number of anilines is 2. The average molecular weight is 439 g/mol. The Balaban J connectivity index is -0.000000422. The van der Waals surface area contributed by atoms with Crippen LogP contribution < -0.4 is 41.0 Å². The van der Waals surface area contributed by atoms with E-state index < -0.39 is 17.7 Å². The molecule has 0 aliphatic rings. The quantitative estimate of drug-likeness (QED) is 0.248. The zero-order valence-electron chi connectivity index (χ0n) is 17.0. The van der Waals surface area contributed by atoms with E-state index in [0.29, 0.717) is 5.69 Å². The Morgan fingerprint density at radius 1 is 1.07 bits per heavy atom. The number of halogens is 4. The summed E-state index contributed by atoms with van der Waals surface area (Å²) in [6.45, 7) is 3.51. The summed E-state index contributed by atoms with van der Waals surface area (Å²) in [5.74, 6) is -1.11. The van der Waals surface area contributed by atoms with Crippen LogP contribution in [0.15, 0.2) is 24.3 Å². The molecule has 0 aliphatic heterocycles. The number of hydrogen-bond donors (Lipinski definition) is 4. The summed E-state index contributed by atoms with van der Waals surface area (Å²) in [4.78, 5) is 0. The van der Waals surface area contributed by atoms with Gasteiger partial charge in [-0.15, -0.1) is 23.2 Å². The van der Waals surface area contributed by atoms with E-state index in [0.717, 1.165) is 11.1 Å². The number of alkyl halides is 2. The van der Waals surface area contributed by atoms with Crippen LogP contribution in [0, 0.1) is 30.9 Å². The minimum Gasteiger partial charge on any atom is -1.00 e. The number of nitrogens with one attached hydrogen (secondary N) is 1. The molecule has 0 heterocycles. The summed E-state index contributed by atoms with van der Waals surface area (Å²) < 4.78 is 26.4. The standard InChI is InChI=1S/C9H10ClFN2.C9H11ClFNO.B.Na.H/c1-5-2-3-6(11)8(9(5)13)7(12)4-10;1-5-2-3-6(11)8(9(5)12)7(13)4-10;;;/h2-3,12H,4,13H2,1H3;2-3,7,13H,4,12H2,1H3;;;/q;;;+1;-1. The van der Waals surface area contributed by atoms with E-state index in [1.165, 1.54) is 12.1 Å². The molecule has 0 spiro atoms. The first-order chi connectivity index (χ1) is 12.1. The third-order valence-corrected chi connectivity index (χ3v) is 4.34. The van der Waals surface area contributed by atoms with E-state index in [1.807, 2.05) is 0 Å². The summed E-state index contributed by atoms with van der Waals surface area (Å²) >= 11 is 10.8. The second-order valence-electron chi connectivity index (χ2n) is 5.63. The van der Waals surface area contributed by atoms with Gasteiger partial charge < -0.3 is 23.4 Å². The minimum atomic E-state index is -1.04. The number of aliphatic hydroxyl groups excluding tert-OH is 1. The number of aliphatic hydroxyl groups is 1. The van der Waals surface area contributed by atoms with Crippen molar-refractivity contribution < 1.29 is 44.9 Å². The first-order valence-corrected chi connectivity index (χ1v) is 8.69. The number of aryl methyl sites for hydroxylation is 2. The van der Waals surface area contributed by atoms with Gasteiger partial charge in [-0.05, 0) is 37.1 Å². The third kappa shape index (κ3) is 7.21. The molecule has 0 saturated carbocycles. The van der Waals surface area contributed by atoms with Gasteiger partial charge in [0.25, 0.3) is 0 Å². The van der Waals surface area contributed by atoms with E-state index in [1.54, 1.807) is 26.0 Å². The minimum absolute atomic E-state index is 0. The number of nitrogens with two attached hydrogens (primary N) is 2. The van der Waals surface area contributed by atoms with Crippen LogP contribution in [0.4, 0.5) is 20.2 Å². The van der Waals surface area contributed by atoms with E-state index >= 15 is 0 Å². The fraction of sp³-hybridized carbons (Fsp3) is 0.278. The molecule has 0 amide bonds. The van der Waals surface area contributed by atoms with E-state index in [-0.39, 0.29) is 73.7 Å². The van der Waals surface area contributed by atoms with Crippen molar-refractivity contribution in [1.82, 2.24) is 0 Å². The topological polar surface area (TPSA) is 96.1 Å². The molecule has 0 aromatic heterocycles. The van der Waals surface area contributed by atoms with Crippen molar-refractivity contribution in [3.8, 4) is 0 Å². The van der Waals surface area contributed by atoms with Gasteiger partial charge in [0.15, 0.2) is 0 Å². The molecule has 1 unspecified atom stereocenters. The van der Waals surface area contributed by atoms with Crippen molar-refractivity contribution in [2.75, 3.05) is 23.2 Å². The van der Waals surface area contributed by atoms with Gasteiger partial charge in [-0.2, -0.15) is 0 Å². The number of nitrogen functional groups attached to an aromatic ring is 2. The molecule has 2 aromatic rings. The Kier molecular flexibility index (Phi) is 14.1. The van der Waals surface area contributed by atoms with Crippen LogP contribution in [-0.2, 0) is 0 Å². The zero-order valence-corrected chi connectivity index (χ0v) is 19.5. The summed E-state index contributed by atoms with van der Waals surface area (Å²) in [6.07, 6.45) is -1.04. The Morgan fingerprint density at radius 3 is 2.00 bits per heavy atom. The van der Waals surface area contributed by atoms with Gasteiger partial charge in [0.05, 0.1) is 29.1 Å². The molecule has 6 N–H and O–H groups in total. The summed E-state index contributed by atoms with van der Waals surface area (Å²) in [5.41, 5.74) is 13.5. The van der Waals surface area contributed by atoms with Crippen LogP contribution in [0.25, 0.3) is 0 Å². The predicted octanol–water partition coefficient (Wildman–Crippen LogP) is 1.05. The van der Waals surface area contributed by atoms with E-state index in [2.05, 4.69) is 0 Å². The second kappa shape index (κ2) is 13.4. The van der Waals surface area contributed by atoms with Gasteiger partial charge in [-0.1, -0.05) is 12.1 Å². The van der Waals surface area contributed by atoms with Crippen molar-refractivity contribution in [1.29, 1.82) is 5.41 Å². The van der Waals surface area contributed by atoms with Gasteiger partial charge in [-0.25, -0.2) is 8.78 Å². The maximum absolute atomic E-state index is 13.2. The van der Waals surface area contributed by atoms with Gasteiger partial charge in [0.1, 0.15) is 11.6 Å². The van der Waals surface area contributed by atoms with Gasteiger partial charge in [0, 0.05) is 25.4 Å². The van der Waals surface area contributed by atoms with Crippen molar-refractivity contribution in [2.24, 2.45) is 0 Å². The van der Waals surface area contributed by atoms with Crippen LogP contribution in [0.1, 0.15) is 29.8 Å². The van der Waals surface area contributed by atoms with Crippen LogP contribution in [0.5, 0.6) is 0 Å². The molecule has 147 valence electrons. The fourth-order valence-corrected chi connectivity index (χ4v) is 2.49. The first-order valence-electron chi connectivity index (χ1n) is 7.62. The Hall–Kier alpha value is -0.825. The smallest absolute Gasteiger partial charge is 1.00 e. The van der Waals surface area contributed by atoms with Crippen LogP contribution >= 0.6 is 23.2 Å². The molecule has 28 heavy (non-hydrogen) atoms. The van der Waals surface area contributed by atoms with Crippen LogP contribution in [-0.4, -0.2) is 31.0 Å². The molecule has 10 heteroatoms. The molecule has 0 bridgehead atoms. The monoisotopic (exact) mass is 438 g/mol. The number of benzene rings is 2. The molecule has 0 aliphatic carbocycles. The maximum atomic E-state index is 13.2. The summed E-state index contributed by atoms with van der Waals surface area (Å²) in [7, 11) is 0. The van der Waals surface area contributed by atoms with Crippen molar-refractivity contribution in [3.05, 3.63) is 58.2 Å². The van der Waals surface area contributed by atoms with E-state index in [9.17, 15) is 13.9 Å². The SMILES string of the molecule is Cc1ccc(F)c(C(=N)CCl)c1N.Cc1ccc(F)c(C(O)CCl)c1N.[B].[H-].[Na+]. The molecule has 2 aromatic carbocycles. The summed E-state index contributed by atoms with van der Waals surface area (Å²) in [5, 5.41) is 16.8. The van der Waals surface area contributed by atoms with Crippen molar-refractivity contribution in [3.63, 3.8) is 0 Å². The molecule has 0 saturated heterocycles. The second-order valence-corrected chi connectivity index (χ2v) is 6.20. The van der Waals surface area contributed by atoms with Crippen LogP contribution in [0.3, 0.4) is 0 Å². The predicted molar refractivity (Wildman–Crippen MR) is 111 cm³/mol. The number of rotatable bonds is 4. The molecular formula is C18H22BCl2F2N3NaO. The number of hydrogen-bond acceptors (Lipinski definition) is 4. The average Bonchev–Trinajstić information content (AvgIpc) is 2.62. The molecule has 3 radical (unpaired) electrons. The van der Waals surface area contributed by atoms with E-state index in [4.69, 9.17) is 40.1 Å². The molecule has 1 atom stereocenters. The van der Waals surface area contributed by atoms with Crippen LogP contribution in [0.2, 0.25) is 0 Å². The third-order valence-electron chi connectivity index (χ3n) is 3.78. The van der Waals surface area contributed by atoms with Crippen molar-refractivity contribution >= 4 is 48.7 Å². The Bertz CT molecular complexity index is 819. The molecule has 2 rings (SSSR count). The normalized spacial score (nSPS) is 10.7. The van der Waals surface area contributed by atoms with Gasteiger partial charge >= 0.3 is 29.6 Å². The largest absolute Gasteiger partial charge is 1.00 e. The first kappa shape index (κ1) is 29.4. The van der Waals surface area contributed by atoms with Gasteiger partial charge in [-0.3, -0.25) is 0 Å². The molecule has 4 nitrogen and oxygen atoms in total. The summed E-state index contributed by atoms with van der Waals surface area (Å²) in [6, 6.07) is 5.71. The van der Waals surface area contributed by atoms with Crippen molar-refractivity contribution in [2.45, 2.75) is 20.0 Å². The molecular weight excluding hydrogens is 417 g/mol. The fourth-order valence-electron chi connectivity index (χ4n) is 2.21. The van der Waals surface area contributed by atoms with Gasteiger partial charge in [0.2, 0.25) is 0 Å². The zero-order chi connectivity index (χ0) is 20.0. The maximum Gasteiger partial charge on any atom is 1.00 e. The Morgan fingerprint density at radius 2 is 1.54 bits per heavy atom. The Labute approximate surface area is 199 Å². The molecule has 0 fully saturated rings.